The van der Waals surface area contributed by atoms with Crippen LogP contribution in [0.15, 0.2) is 47.6 Å². The fourth-order valence-corrected chi connectivity index (χ4v) is 2.74. The lowest BCUT2D eigenvalue weighted by Gasteiger charge is -2.09. The highest BCUT2D eigenvalue weighted by atomic mass is 32.2. The van der Waals surface area contributed by atoms with Gasteiger partial charge in [0.1, 0.15) is 10.6 Å². The van der Waals surface area contributed by atoms with Gasteiger partial charge < -0.3 is 5.11 Å². The number of rotatable bonds is 4. The first-order valence-electron chi connectivity index (χ1n) is 5.68. The summed E-state index contributed by atoms with van der Waals surface area (Å²) in [6, 6.07) is 7.58. The van der Waals surface area contributed by atoms with E-state index in [1.54, 1.807) is 30.6 Å². The highest BCUT2D eigenvalue weighted by Gasteiger charge is 2.17. The first-order chi connectivity index (χ1) is 9.00. The van der Waals surface area contributed by atoms with Gasteiger partial charge in [-0.15, -0.1) is 0 Å². The first-order valence-corrected chi connectivity index (χ1v) is 7.16. The summed E-state index contributed by atoms with van der Waals surface area (Å²) in [5.74, 6) is -0.263. The lowest BCUT2D eigenvalue weighted by Crippen LogP contribution is -2.23. The van der Waals surface area contributed by atoms with Crippen molar-refractivity contribution >= 4 is 10.0 Å². The smallest absolute Gasteiger partial charge is 0.244 e. The number of phenolic OH excluding ortho intramolecular Hbond substituents is 1. The van der Waals surface area contributed by atoms with Crippen LogP contribution in [0.2, 0.25) is 0 Å². The van der Waals surface area contributed by atoms with Gasteiger partial charge in [-0.1, -0.05) is 12.1 Å². The Morgan fingerprint density at radius 1 is 1.26 bits per heavy atom. The molecule has 2 aromatic rings. The van der Waals surface area contributed by atoms with E-state index in [9.17, 15) is 13.5 Å². The molecule has 0 saturated carbocycles. The summed E-state index contributed by atoms with van der Waals surface area (Å²) in [6.45, 7) is 2.02. The molecule has 19 heavy (non-hydrogen) atoms. The number of pyridine rings is 1. The zero-order valence-electron chi connectivity index (χ0n) is 10.4. The van der Waals surface area contributed by atoms with E-state index in [-0.39, 0.29) is 17.2 Å². The molecular formula is C13H14N2O3S. The lowest BCUT2D eigenvalue weighted by molar-refractivity contribution is 0.458. The number of nitrogens with zero attached hydrogens (tertiary/aromatic N) is 1. The lowest BCUT2D eigenvalue weighted by atomic mass is 10.2. The summed E-state index contributed by atoms with van der Waals surface area (Å²) < 4.78 is 26.6. The van der Waals surface area contributed by atoms with E-state index in [0.717, 1.165) is 11.1 Å². The topological polar surface area (TPSA) is 79.3 Å². The van der Waals surface area contributed by atoms with E-state index in [1.807, 2.05) is 6.92 Å². The molecule has 6 heteroatoms. The Labute approximate surface area is 112 Å². The maximum atomic E-state index is 12.1. The van der Waals surface area contributed by atoms with Crippen LogP contribution in [0.3, 0.4) is 0 Å². The van der Waals surface area contributed by atoms with Crippen LogP contribution in [-0.2, 0) is 16.6 Å². The predicted octanol–water partition coefficient (Wildman–Crippen LogP) is 1.57. The summed E-state index contributed by atoms with van der Waals surface area (Å²) in [5, 5.41) is 9.57. The molecule has 0 aliphatic carbocycles. The Balaban J connectivity index is 2.20. The normalized spacial score (nSPS) is 11.4. The average Bonchev–Trinajstić information content (AvgIpc) is 2.38. The second-order valence-corrected chi connectivity index (χ2v) is 5.83. The number of phenols is 1. The SMILES string of the molecule is Cc1cnccc1CNS(=O)(=O)c1ccccc1O. The van der Waals surface area contributed by atoms with Crippen molar-refractivity contribution < 1.29 is 13.5 Å². The third kappa shape index (κ3) is 3.10. The van der Waals surface area contributed by atoms with Crippen LogP contribution < -0.4 is 4.72 Å². The summed E-state index contributed by atoms with van der Waals surface area (Å²) in [7, 11) is -3.73. The van der Waals surface area contributed by atoms with Gasteiger partial charge in [-0.05, 0) is 36.2 Å². The Morgan fingerprint density at radius 2 is 2.00 bits per heavy atom. The summed E-state index contributed by atoms with van der Waals surface area (Å²) in [4.78, 5) is 3.82. The molecule has 0 aliphatic heterocycles. The van der Waals surface area contributed by atoms with Crippen molar-refractivity contribution in [3.05, 3.63) is 53.9 Å². The van der Waals surface area contributed by atoms with Gasteiger partial charge in [0, 0.05) is 18.9 Å². The molecule has 0 bridgehead atoms. The van der Waals surface area contributed by atoms with Crippen LogP contribution in [0, 0.1) is 6.92 Å². The maximum absolute atomic E-state index is 12.1. The molecule has 1 aromatic carbocycles. The van der Waals surface area contributed by atoms with Crippen molar-refractivity contribution in [1.29, 1.82) is 0 Å². The van der Waals surface area contributed by atoms with Gasteiger partial charge in [-0.2, -0.15) is 0 Å². The zero-order chi connectivity index (χ0) is 13.9. The van der Waals surface area contributed by atoms with Crippen molar-refractivity contribution in [1.82, 2.24) is 9.71 Å². The van der Waals surface area contributed by atoms with E-state index in [2.05, 4.69) is 9.71 Å². The molecule has 0 unspecified atom stereocenters. The fraction of sp³-hybridized carbons (Fsp3) is 0.154. The number of aromatic hydroxyl groups is 1. The van der Waals surface area contributed by atoms with Crippen LogP contribution >= 0.6 is 0 Å². The monoisotopic (exact) mass is 278 g/mol. The van der Waals surface area contributed by atoms with Gasteiger partial charge in [-0.3, -0.25) is 4.98 Å². The molecule has 0 atom stereocenters. The van der Waals surface area contributed by atoms with Crippen molar-refractivity contribution in [2.24, 2.45) is 0 Å². The number of hydrogen-bond donors (Lipinski definition) is 2. The minimum absolute atomic E-state index is 0.123. The largest absolute Gasteiger partial charge is 0.507 e. The molecule has 0 aliphatic rings. The molecule has 2 N–H and O–H groups in total. The molecule has 0 amide bonds. The molecule has 0 spiro atoms. The van der Waals surface area contributed by atoms with Gasteiger partial charge in [0.25, 0.3) is 0 Å². The minimum atomic E-state index is -3.73. The van der Waals surface area contributed by atoms with Crippen LogP contribution in [0.4, 0.5) is 0 Å². The van der Waals surface area contributed by atoms with Crippen molar-refractivity contribution in [3.8, 4) is 5.75 Å². The molecule has 2 rings (SSSR count). The zero-order valence-corrected chi connectivity index (χ0v) is 11.2. The van der Waals surface area contributed by atoms with E-state index < -0.39 is 10.0 Å². The molecule has 100 valence electrons. The van der Waals surface area contributed by atoms with E-state index in [0.29, 0.717) is 0 Å². The van der Waals surface area contributed by atoms with Crippen molar-refractivity contribution in [3.63, 3.8) is 0 Å². The highest BCUT2D eigenvalue weighted by Crippen LogP contribution is 2.21. The molecular weight excluding hydrogens is 264 g/mol. The fourth-order valence-electron chi connectivity index (χ4n) is 1.64. The Morgan fingerprint density at radius 3 is 2.68 bits per heavy atom. The number of sulfonamides is 1. The number of hydrogen-bond acceptors (Lipinski definition) is 4. The number of benzene rings is 1. The van der Waals surface area contributed by atoms with Gasteiger partial charge in [-0.25, -0.2) is 13.1 Å². The summed E-state index contributed by atoms with van der Waals surface area (Å²) in [5.41, 5.74) is 1.75. The molecule has 1 heterocycles. The van der Waals surface area contributed by atoms with Crippen molar-refractivity contribution in [2.45, 2.75) is 18.4 Å². The average molecular weight is 278 g/mol. The predicted molar refractivity (Wildman–Crippen MR) is 71.1 cm³/mol. The quantitative estimate of drug-likeness (QED) is 0.889. The Hall–Kier alpha value is -1.92. The molecule has 0 saturated heterocycles. The van der Waals surface area contributed by atoms with Gasteiger partial charge in [0.2, 0.25) is 10.0 Å². The van der Waals surface area contributed by atoms with Crippen LogP contribution in [-0.4, -0.2) is 18.5 Å². The third-order valence-electron chi connectivity index (χ3n) is 2.74. The number of para-hydroxylation sites is 1. The van der Waals surface area contributed by atoms with Gasteiger partial charge in [0.15, 0.2) is 0 Å². The second-order valence-electron chi connectivity index (χ2n) is 4.09. The molecule has 0 fully saturated rings. The number of aromatic nitrogens is 1. The van der Waals surface area contributed by atoms with Gasteiger partial charge in [0.05, 0.1) is 0 Å². The molecule has 1 aromatic heterocycles. The van der Waals surface area contributed by atoms with E-state index >= 15 is 0 Å². The Kier molecular flexibility index (Phi) is 3.82. The first kappa shape index (κ1) is 13.5. The van der Waals surface area contributed by atoms with Crippen LogP contribution in [0.5, 0.6) is 5.75 Å². The van der Waals surface area contributed by atoms with Crippen LogP contribution in [0.1, 0.15) is 11.1 Å². The highest BCUT2D eigenvalue weighted by molar-refractivity contribution is 7.89. The van der Waals surface area contributed by atoms with Crippen molar-refractivity contribution in [2.75, 3.05) is 0 Å². The molecule has 0 radical (unpaired) electrons. The second kappa shape index (κ2) is 5.38. The third-order valence-corrected chi connectivity index (χ3v) is 4.19. The number of aryl methyl sites for hydroxylation is 1. The van der Waals surface area contributed by atoms with Gasteiger partial charge >= 0.3 is 0 Å². The van der Waals surface area contributed by atoms with E-state index in [4.69, 9.17) is 0 Å². The minimum Gasteiger partial charge on any atom is -0.507 e. The molecule has 5 nitrogen and oxygen atoms in total. The standard InChI is InChI=1S/C13H14N2O3S/c1-10-8-14-7-6-11(10)9-15-19(17,18)13-5-3-2-4-12(13)16/h2-8,15-16H,9H2,1H3. The maximum Gasteiger partial charge on any atom is 0.244 e. The Bertz CT molecular complexity index is 684. The summed E-state index contributed by atoms with van der Waals surface area (Å²) in [6.07, 6.45) is 3.28. The van der Waals surface area contributed by atoms with E-state index in [1.165, 1.54) is 12.1 Å². The summed E-state index contributed by atoms with van der Waals surface area (Å²) >= 11 is 0. The number of nitrogens with one attached hydrogen (secondary N) is 1. The van der Waals surface area contributed by atoms with Crippen LogP contribution in [0.25, 0.3) is 0 Å².